The van der Waals surface area contributed by atoms with E-state index in [-0.39, 0.29) is 47.3 Å². The number of hydrazine groups is 1. The molecule has 4 atom stereocenters. The molecular weight excluding hydrogens is 468 g/mol. The van der Waals surface area contributed by atoms with E-state index in [2.05, 4.69) is 6.07 Å². The smallest absolute Gasteiger partial charge is 0.429 e. The Morgan fingerprint density at radius 1 is 0.811 bits per heavy atom. The van der Waals surface area contributed by atoms with Crippen molar-refractivity contribution in [3.63, 3.8) is 0 Å². The fourth-order valence-corrected chi connectivity index (χ4v) is 6.95. The molecule has 7 heteroatoms. The van der Waals surface area contributed by atoms with Crippen LogP contribution in [-0.4, -0.2) is 52.3 Å². The molecule has 4 aliphatic rings. The first-order valence-electron chi connectivity index (χ1n) is 13.1. The highest BCUT2D eigenvalue weighted by Gasteiger charge is 2.79. The van der Waals surface area contributed by atoms with Crippen LogP contribution in [0.15, 0.2) is 60.7 Å². The molecule has 2 aromatic rings. The summed E-state index contributed by atoms with van der Waals surface area (Å²) in [4.78, 5) is 40.4. The van der Waals surface area contributed by atoms with E-state index in [4.69, 9.17) is 9.47 Å². The van der Waals surface area contributed by atoms with Crippen LogP contribution in [0.2, 0.25) is 0 Å². The van der Waals surface area contributed by atoms with E-state index in [9.17, 15) is 14.4 Å². The normalized spacial score (nSPS) is 27.1. The van der Waals surface area contributed by atoms with Gasteiger partial charge in [-0.15, -0.1) is 0 Å². The first kappa shape index (κ1) is 23.8. The minimum absolute atomic E-state index is 0.0265. The van der Waals surface area contributed by atoms with Crippen molar-refractivity contribution in [3.8, 4) is 0 Å². The van der Waals surface area contributed by atoms with Gasteiger partial charge in [0.15, 0.2) is 5.78 Å². The molecule has 2 bridgehead atoms. The lowest BCUT2D eigenvalue weighted by molar-refractivity contribution is -0.0633. The predicted octanol–water partition coefficient (Wildman–Crippen LogP) is 5.82. The van der Waals surface area contributed by atoms with Crippen molar-refractivity contribution in [1.82, 2.24) is 10.0 Å². The van der Waals surface area contributed by atoms with Gasteiger partial charge in [0.05, 0.1) is 24.3 Å². The maximum atomic E-state index is 13.5. The molecule has 2 amide bonds. The van der Waals surface area contributed by atoms with Gasteiger partial charge in [-0.05, 0) is 63.3 Å². The summed E-state index contributed by atoms with van der Waals surface area (Å²) in [7, 11) is 0. The van der Waals surface area contributed by atoms with Crippen molar-refractivity contribution in [1.29, 1.82) is 0 Å². The fourth-order valence-electron chi connectivity index (χ4n) is 6.95. The Morgan fingerprint density at radius 2 is 1.35 bits per heavy atom. The topological polar surface area (TPSA) is 76.2 Å². The van der Waals surface area contributed by atoms with Crippen LogP contribution >= 0.6 is 0 Å². The molecule has 0 radical (unpaired) electrons. The summed E-state index contributed by atoms with van der Waals surface area (Å²) in [5, 5.41) is 3.07. The van der Waals surface area contributed by atoms with Crippen molar-refractivity contribution in [2.24, 2.45) is 11.3 Å². The SMILES string of the molecule is CC(C)OC(=O)N1[C@H]2[C@@H]3/C(=C\C(=O)c4ccccc4)c4ccccc4[C@@H]3[C@@H](N1C(=O)OC(C)C)C21CC1. The molecule has 192 valence electrons. The van der Waals surface area contributed by atoms with Crippen molar-refractivity contribution >= 4 is 23.5 Å². The summed E-state index contributed by atoms with van der Waals surface area (Å²) in [5.41, 5.74) is 3.47. The van der Waals surface area contributed by atoms with Gasteiger partial charge in [-0.25, -0.2) is 19.6 Å². The fraction of sp³-hybridized carbons (Fsp3) is 0.433. The van der Waals surface area contributed by atoms with Crippen LogP contribution in [0.5, 0.6) is 0 Å². The third kappa shape index (κ3) is 3.50. The van der Waals surface area contributed by atoms with Crippen LogP contribution in [0.3, 0.4) is 0 Å². The molecule has 1 spiro atoms. The van der Waals surface area contributed by atoms with Crippen LogP contribution in [0.25, 0.3) is 5.57 Å². The number of amides is 2. The summed E-state index contributed by atoms with van der Waals surface area (Å²) >= 11 is 0. The molecule has 0 unspecified atom stereocenters. The third-order valence-electron chi connectivity index (χ3n) is 8.21. The predicted molar refractivity (Wildman–Crippen MR) is 138 cm³/mol. The van der Waals surface area contributed by atoms with Gasteiger partial charge in [0, 0.05) is 22.8 Å². The lowest BCUT2D eigenvalue weighted by Gasteiger charge is -2.42. The Balaban J connectivity index is 1.49. The zero-order valence-corrected chi connectivity index (χ0v) is 21.6. The first-order valence-corrected chi connectivity index (χ1v) is 13.1. The average molecular weight is 501 g/mol. The van der Waals surface area contributed by atoms with Crippen LogP contribution < -0.4 is 0 Å². The van der Waals surface area contributed by atoms with Gasteiger partial charge in [-0.1, -0.05) is 54.6 Å². The van der Waals surface area contributed by atoms with Gasteiger partial charge in [0.25, 0.3) is 0 Å². The molecule has 1 heterocycles. The van der Waals surface area contributed by atoms with Gasteiger partial charge in [-0.2, -0.15) is 0 Å². The van der Waals surface area contributed by atoms with Gasteiger partial charge in [-0.3, -0.25) is 4.79 Å². The van der Waals surface area contributed by atoms with Crippen molar-refractivity contribution in [3.05, 3.63) is 77.4 Å². The standard InChI is InChI=1S/C30H32N2O5/c1-17(2)36-28(34)31-26-24-21-13-9-8-12-20(21)22(16-23(33)19-10-6-5-7-11-19)25(24)27(30(26)14-15-30)32(31)29(35)37-18(3)4/h5-13,16-18,24-27H,14-15H2,1-4H3/b22-16-/t24-,25+,26+,27-/m0/s1. The second kappa shape index (κ2) is 8.47. The third-order valence-corrected chi connectivity index (χ3v) is 8.21. The number of ether oxygens (including phenoxy) is 2. The van der Waals surface area contributed by atoms with E-state index in [0.29, 0.717) is 5.56 Å². The molecule has 7 nitrogen and oxygen atoms in total. The number of nitrogens with zero attached hydrogens (tertiary/aromatic N) is 2. The monoisotopic (exact) mass is 500 g/mol. The summed E-state index contributed by atoms with van der Waals surface area (Å²) in [5.74, 6) is -0.201. The van der Waals surface area contributed by atoms with E-state index in [1.165, 1.54) is 5.01 Å². The summed E-state index contributed by atoms with van der Waals surface area (Å²) in [6, 6.07) is 16.8. The molecule has 0 N–H and O–H groups in total. The van der Waals surface area contributed by atoms with E-state index < -0.39 is 12.2 Å². The van der Waals surface area contributed by atoms with Crippen molar-refractivity contribution in [2.75, 3.05) is 0 Å². The minimum Gasteiger partial charge on any atom is -0.445 e. The molecule has 37 heavy (non-hydrogen) atoms. The van der Waals surface area contributed by atoms with Crippen LogP contribution in [0.4, 0.5) is 9.59 Å². The minimum atomic E-state index is -0.544. The quantitative estimate of drug-likeness (QED) is 0.391. The molecule has 1 aliphatic heterocycles. The average Bonchev–Trinajstić information content (AvgIpc) is 3.44. The molecule has 2 aromatic carbocycles. The van der Waals surface area contributed by atoms with Gasteiger partial charge < -0.3 is 9.47 Å². The lowest BCUT2D eigenvalue weighted by Crippen LogP contribution is -2.58. The second-order valence-corrected chi connectivity index (χ2v) is 11.1. The van der Waals surface area contributed by atoms with Crippen LogP contribution in [0.1, 0.15) is 67.9 Å². The Morgan fingerprint density at radius 3 is 1.92 bits per heavy atom. The molecule has 0 aromatic heterocycles. The number of allylic oxidation sites excluding steroid dienone is 1. The number of carbonyl (C=O) groups is 3. The second-order valence-electron chi connectivity index (χ2n) is 11.1. The molecule has 6 rings (SSSR count). The van der Waals surface area contributed by atoms with Gasteiger partial charge in [0.2, 0.25) is 0 Å². The number of hydrogen-bond donors (Lipinski definition) is 0. The van der Waals surface area contributed by atoms with Crippen LogP contribution in [0, 0.1) is 11.3 Å². The molecule has 2 saturated carbocycles. The molecule has 1 saturated heterocycles. The van der Waals surface area contributed by atoms with E-state index in [0.717, 1.165) is 29.5 Å². The Labute approximate surface area is 217 Å². The Hall–Kier alpha value is -3.61. The summed E-state index contributed by atoms with van der Waals surface area (Å²) < 4.78 is 11.3. The highest BCUT2D eigenvalue weighted by Crippen LogP contribution is 2.75. The lowest BCUT2D eigenvalue weighted by atomic mass is 9.87. The zero-order valence-electron chi connectivity index (χ0n) is 21.6. The van der Waals surface area contributed by atoms with E-state index in [1.807, 2.05) is 48.5 Å². The molecule has 3 fully saturated rings. The van der Waals surface area contributed by atoms with E-state index in [1.54, 1.807) is 38.8 Å². The Bertz CT molecular complexity index is 1300. The number of hydrogen-bond acceptors (Lipinski definition) is 5. The van der Waals surface area contributed by atoms with Crippen molar-refractivity contribution < 1.29 is 23.9 Å². The molecule has 3 aliphatic carbocycles. The first-order chi connectivity index (χ1) is 17.7. The van der Waals surface area contributed by atoms with Gasteiger partial charge in [0.1, 0.15) is 0 Å². The zero-order chi connectivity index (χ0) is 26.1. The highest BCUT2D eigenvalue weighted by atomic mass is 16.6. The Kier molecular flexibility index (Phi) is 5.44. The van der Waals surface area contributed by atoms with Crippen LogP contribution in [-0.2, 0) is 9.47 Å². The number of fused-ring (bicyclic) bond motifs is 5. The maximum absolute atomic E-state index is 13.5. The number of benzene rings is 2. The summed E-state index contributed by atoms with van der Waals surface area (Å²) in [6.45, 7) is 7.21. The number of rotatable bonds is 4. The molecular formula is C30H32N2O5. The van der Waals surface area contributed by atoms with Gasteiger partial charge >= 0.3 is 12.2 Å². The summed E-state index contributed by atoms with van der Waals surface area (Å²) in [6.07, 6.45) is 1.84. The van der Waals surface area contributed by atoms with E-state index >= 15 is 0 Å². The maximum Gasteiger partial charge on any atom is 0.429 e. The van der Waals surface area contributed by atoms with Crippen molar-refractivity contribution in [2.45, 2.75) is 70.7 Å². The highest BCUT2D eigenvalue weighted by molar-refractivity contribution is 6.09. The number of ketones is 1. The number of carbonyl (C=O) groups excluding carboxylic acids is 3. The largest absolute Gasteiger partial charge is 0.445 e.